The molecule has 0 saturated heterocycles. The molecule has 0 aliphatic heterocycles. The number of para-hydroxylation sites is 1. The Balaban J connectivity index is 1.16. The molecule has 0 unspecified atom stereocenters. The lowest BCUT2D eigenvalue weighted by Crippen LogP contribution is -2.00. The van der Waals surface area contributed by atoms with Crippen molar-refractivity contribution in [3.63, 3.8) is 0 Å². The molecule has 3 aromatic heterocycles. The largest absolute Gasteiger partial charge is 0.456 e. The quantitative estimate of drug-likeness (QED) is 0.186. The van der Waals surface area contributed by atoms with E-state index in [1.807, 2.05) is 115 Å². The first-order chi connectivity index (χ1) is 28.7. The fourth-order valence-electron chi connectivity index (χ4n) is 7.30. The first kappa shape index (κ1) is 22.6. The van der Waals surface area contributed by atoms with Gasteiger partial charge in [-0.3, -0.25) is 0 Å². The van der Waals surface area contributed by atoms with E-state index in [4.69, 9.17) is 33.4 Å². The van der Waals surface area contributed by atoms with Crippen LogP contribution in [0.5, 0.6) is 0 Å². The monoisotopic (exact) mass is 672 g/mol. The Hall–Kier alpha value is -7.11. The molecule has 5 heteroatoms. The highest BCUT2D eigenvalue weighted by Crippen LogP contribution is 2.43. The molecule has 0 atom stereocenters. The molecule has 0 saturated carbocycles. The zero-order valence-corrected chi connectivity index (χ0v) is 27.2. The van der Waals surface area contributed by atoms with Crippen LogP contribution in [0.15, 0.2) is 172 Å². The predicted molar refractivity (Wildman–Crippen MR) is 211 cm³/mol. The van der Waals surface area contributed by atoms with E-state index in [9.17, 15) is 0 Å². The lowest BCUT2D eigenvalue weighted by atomic mass is 9.92. The summed E-state index contributed by atoms with van der Waals surface area (Å²) in [6.45, 7) is 0. The zero-order valence-electron chi connectivity index (χ0n) is 34.2. The first-order valence-corrected chi connectivity index (χ1v) is 16.8. The van der Waals surface area contributed by atoms with E-state index in [1.165, 1.54) is 0 Å². The molecule has 0 amide bonds. The molecule has 52 heavy (non-hydrogen) atoms. The molecular weight excluding hydrogens is 639 g/mol. The third-order valence-electron chi connectivity index (χ3n) is 9.63. The van der Waals surface area contributed by atoms with E-state index in [-0.39, 0.29) is 28.4 Å². The fraction of sp³-hybridized carbons (Fsp3) is 0. The van der Waals surface area contributed by atoms with Crippen molar-refractivity contribution in [1.29, 1.82) is 0 Å². The molecule has 242 valence electrons. The van der Waals surface area contributed by atoms with Crippen molar-refractivity contribution in [2.75, 3.05) is 0 Å². The first-order valence-electron chi connectivity index (χ1n) is 20.3. The average molecular weight is 673 g/mol. The summed E-state index contributed by atoms with van der Waals surface area (Å²) in [5.41, 5.74) is 5.50. The highest BCUT2D eigenvalue weighted by atomic mass is 16.3. The van der Waals surface area contributed by atoms with Gasteiger partial charge >= 0.3 is 0 Å². The van der Waals surface area contributed by atoms with Gasteiger partial charge in [-0.05, 0) is 69.1 Å². The second-order valence-corrected chi connectivity index (χ2v) is 12.6. The summed E-state index contributed by atoms with van der Waals surface area (Å²) in [6, 6.07) is 35.7. The summed E-state index contributed by atoms with van der Waals surface area (Å²) in [5.74, 6) is 1.45. The van der Waals surface area contributed by atoms with Crippen molar-refractivity contribution < 1.29 is 18.4 Å². The van der Waals surface area contributed by atoms with Gasteiger partial charge in [-0.25, -0.2) is 15.0 Å². The summed E-state index contributed by atoms with van der Waals surface area (Å²) in [7, 11) is 0. The number of fused-ring (bicyclic) bond motifs is 9. The Bertz CT molecular complexity index is 3590. The molecule has 0 N–H and O–H groups in total. The van der Waals surface area contributed by atoms with E-state index in [2.05, 4.69) is 0 Å². The Morgan fingerprint density at radius 1 is 0.385 bits per heavy atom. The maximum Gasteiger partial charge on any atom is 0.164 e. The molecule has 5 nitrogen and oxygen atoms in total. The third kappa shape index (κ3) is 4.39. The van der Waals surface area contributed by atoms with Crippen LogP contribution >= 0.6 is 0 Å². The molecular formula is C47H27N3O2. The molecule has 0 fully saturated rings. The van der Waals surface area contributed by atoms with Crippen LogP contribution in [0.3, 0.4) is 0 Å². The highest BCUT2D eigenvalue weighted by Gasteiger charge is 2.20. The van der Waals surface area contributed by atoms with Crippen LogP contribution in [0.4, 0.5) is 0 Å². The topological polar surface area (TPSA) is 65.0 Å². The van der Waals surface area contributed by atoms with Crippen molar-refractivity contribution in [1.82, 2.24) is 15.0 Å². The summed E-state index contributed by atoms with van der Waals surface area (Å²) in [4.78, 5) is 15.1. The van der Waals surface area contributed by atoms with Gasteiger partial charge in [0.2, 0.25) is 0 Å². The van der Waals surface area contributed by atoms with E-state index in [0.717, 1.165) is 54.8 Å². The van der Waals surface area contributed by atoms with Gasteiger partial charge in [-0.2, -0.15) is 0 Å². The van der Waals surface area contributed by atoms with Gasteiger partial charge in [0.25, 0.3) is 0 Å². The summed E-state index contributed by atoms with van der Waals surface area (Å²) < 4.78 is 73.4. The van der Waals surface area contributed by atoms with E-state index < -0.39 is 30.2 Å². The van der Waals surface area contributed by atoms with Gasteiger partial charge in [0.15, 0.2) is 17.5 Å². The molecule has 8 aromatic carbocycles. The average Bonchev–Trinajstić information content (AvgIpc) is 3.85. The van der Waals surface area contributed by atoms with Crippen LogP contribution in [0.1, 0.15) is 9.60 Å². The van der Waals surface area contributed by atoms with Crippen LogP contribution in [-0.2, 0) is 0 Å². The van der Waals surface area contributed by atoms with E-state index in [0.29, 0.717) is 39.6 Å². The molecule has 11 aromatic rings. The zero-order chi connectivity index (χ0) is 40.3. The second-order valence-electron chi connectivity index (χ2n) is 12.6. The number of benzene rings is 8. The molecule has 0 aliphatic rings. The van der Waals surface area contributed by atoms with Crippen molar-refractivity contribution in [2.45, 2.75) is 0 Å². The fourth-order valence-corrected chi connectivity index (χ4v) is 7.30. The van der Waals surface area contributed by atoms with Gasteiger partial charge in [0, 0.05) is 38.2 Å². The minimum atomic E-state index is -0.499. The Morgan fingerprint density at radius 3 is 1.98 bits per heavy atom. The van der Waals surface area contributed by atoms with Gasteiger partial charge < -0.3 is 8.83 Å². The number of rotatable bonds is 4. The van der Waals surface area contributed by atoms with Gasteiger partial charge in [-0.1, -0.05) is 127 Å². The number of hydrogen-bond acceptors (Lipinski definition) is 5. The minimum Gasteiger partial charge on any atom is -0.456 e. The van der Waals surface area contributed by atoms with Crippen molar-refractivity contribution in [2.24, 2.45) is 0 Å². The standard InChI is InChI=1S/C47H27N3O2/c1-2-13-29(14-3-1)45-48-46(50-47(49-45)36-21-11-23-41-44(36)35-19-8-9-22-39(35)51-41)30-24-25-40-38(26-30)43-34-18-7-6-17-33(34)37(27-42(43)52-40)32-20-10-15-28-12-4-5-16-31(28)32/h1-27H/i4D,5D,10D,12D,15D,16D,20D. The molecule has 3 heterocycles. The summed E-state index contributed by atoms with van der Waals surface area (Å²) in [5, 5.41) is 4.80. The number of nitrogens with zero attached hydrogens (tertiary/aromatic N) is 3. The van der Waals surface area contributed by atoms with Crippen LogP contribution in [0.25, 0.3) is 111 Å². The molecule has 0 aliphatic carbocycles. The molecule has 0 bridgehead atoms. The van der Waals surface area contributed by atoms with Crippen molar-refractivity contribution in [3.8, 4) is 45.3 Å². The molecule has 0 radical (unpaired) electrons. The minimum absolute atomic E-state index is 0.0175. The Kier molecular flexibility index (Phi) is 4.86. The Labute approximate surface area is 307 Å². The van der Waals surface area contributed by atoms with Crippen LogP contribution in [0.2, 0.25) is 0 Å². The predicted octanol–water partition coefficient (Wildman–Crippen LogP) is 12.6. The maximum atomic E-state index is 9.08. The normalized spacial score (nSPS) is 13.7. The molecule has 11 rings (SSSR count). The van der Waals surface area contributed by atoms with Crippen molar-refractivity contribution in [3.05, 3.63) is 164 Å². The Morgan fingerprint density at radius 2 is 1.08 bits per heavy atom. The smallest absolute Gasteiger partial charge is 0.164 e. The number of hydrogen-bond donors (Lipinski definition) is 0. The summed E-state index contributed by atoms with van der Waals surface area (Å²) in [6.07, 6.45) is 0. The van der Waals surface area contributed by atoms with E-state index in [1.54, 1.807) is 6.07 Å². The number of aromatic nitrogens is 3. The van der Waals surface area contributed by atoms with Crippen LogP contribution in [0, 0.1) is 0 Å². The SMILES string of the molecule is [2H]c1c([2H])c([2H])c2c(-c3cc4oc5ccc(-c6nc(-c7ccccc7)nc(-c7cccc8oc9ccccc9c78)n6)cc5c4c4ccccc34)c([2H])c([2H])c([2H])c2c1[2H]. The van der Waals surface area contributed by atoms with Gasteiger partial charge in [0.05, 0.1) is 9.60 Å². The van der Waals surface area contributed by atoms with Crippen LogP contribution in [-0.4, -0.2) is 15.0 Å². The van der Waals surface area contributed by atoms with Crippen molar-refractivity contribution >= 4 is 65.4 Å². The third-order valence-corrected chi connectivity index (χ3v) is 9.63. The number of furan rings is 2. The van der Waals surface area contributed by atoms with Gasteiger partial charge in [-0.15, -0.1) is 0 Å². The second kappa shape index (κ2) is 11.2. The maximum absolute atomic E-state index is 9.08. The van der Waals surface area contributed by atoms with E-state index >= 15 is 0 Å². The lowest BCUT2D eigenvalue weighted by Gasteiger charge is -2.11. The van der Waals surface area contributed by atoms with Gasteiger partial charge in [0.1, 0.15) is 22.3 Å². The summed E-state index contributed by atoms with van der Waals surface area (Å²) >= 11 is 0. The van der Waals surface area contributed by atoms with Crippen LogP contribution < -0.4 is 0 Å². The molecule has 0 spiro atoms. The lowest BCUT2D eigenvalue weighted by molar-refractivity contribution is 0.668. The highest BCUT2D eigenvalue weighted by molar-refractivity contribution is 6.23.